The second-order valence-corrected chi connectivity index (χ2v) is 12.4. The first-order valence-corrected chi connectivity index (χ1v) is 12.5. The van der Waals surface area contributed by atoms with E-state index in [-0.39, 0.29) is 23.9 Å². The van der Waals surface area contributed by atoms with Gasteiger partial charge in [0.25, 0.3) is 0 Å². The molecule has 0 aliphatic heterocycles. The minimum Gasteiger partial charge on any atom is -0.395 e. The molecular formula is C26H41NO5. The van der Waals surface area contributed by atoms with Crippen molar-refractivity contribution in [2.24, 2.45) is 22.7 Å². The van der Waals surface area contributed by atoms with Crippen LogP contribution in [0.2, 0.25) is 0 Å². The topological polar surface area (TPSA) is 106 Å². The summed E-state index contributed by atoms with van der Waals surface area (Å²) < 4.78 is 1.90. The Morgan fingerprint density at radius 2 is 1.62 bits per heavy atom. The highest BCUT2D eigenvalue weighted by Crippen LogP contribution is 2.72. The first-order chi connectivity index (χ1) is 14.8. The first kappa shape index (κ1) is 22.9. The molecule has 1 heterocycles. The summed E-state index contributed by atoms with van der Waals surface area (Å²) in [7, 11) is 0. The van der Waals surface area contributed by atoms with Gasteiger partial charge in [-0.25, -0.2) is 0 Å². The molecule has 32 heavy (non-hydrogen) atoms. The molecule has 6 heteroatoms. The Morgan fingerprint density at radius 3 is 2.34 bits per heavy atom. The quantitative estimate of drug-likeness (QED) is 0.490. The van der Waals surface area contributed by atoms with Gasteiger partial charge in [0.05, 0.1) is 29.0 Å². The average molecular weight is 448 g/mol. The van der Waals surface area contributed by atoms with Crippen LogP contribution in [0.25, 0.3) is 0 Å². The molecule has 6 nitrogen and oxygen atoms in total. The van der Waals surface area contributed by atoms with Crippen LogP contribution in [0.5, 0.6) is 0 Å². The van der Waals surface area contributed by atoms with E-state index in [1.807, 2.05) is 30.0 Å². The number of aliphatic hydroxyl groups is 5. The second kappa shape index (κ2) is 6.82. The predicted molar refractivity (Wildman–Crippen MR) is 121 cm³/mol. The number of nitrogens with zero attached hydrogens (tertiary/aromatic N) is 1. The van der Waals surface area contributed by atoms with Crippen molar-refractivity contribution in [1.82, 2.24) is 4.57 Å². The Balaban J connectivity index is 1.50. The molecule has 4 aliphatic carbocycles. The summed E-state index contributed by atoms with van der Waals surface area (Å²) in [5.74, 6) is 0.208. The van der Waals surface area contributed by atoms with Gasteiger partial charge >= 0.3 is 0 Å². The number of hydrogen-bond acceptors (Lipinski definition) is 5. The summed E-state index contributed by atoms with van der Waals surface area (Å²) in [5, 5.41) is 56.1. The van der Waals surface area contributed by atoms with Crippen molar-refractivity contribution in [3.63, 3.8) is 0 Å². The van der Waals surface area contributed by atoms with E-state index in [1.54, 1.807) is 0 Å². The SMILES string of the molecule is C[C@]1(O)CC[C@]2(C)[C@H]3CC[C@]4(C)[C@](O)(c5ccn(CCO)c5)CC[C@]4(O)[C@@H]3CC[C@]2(O)C1. The van der Waals surface area contributed by atoms with Crippen LogP contribution in [-0.4, -0.2) is 53.5 Å². The van der Waals surface area contributed by atoms with Gasteiger partial charge in [-0.3, -0.25) is 0 Å². The van der Waals surface area contributed by atoms with Crippen LogP contribution in [0.15, 0.2) is 18.5 Å². The van der Waals surface area contributed by atoms with Gasteiger partial charge < -0.3 is 30.1 Å². The van der Waals surface area contributed by atoms with Gasteiger partial charge in [0.1, 0.15) is 0 Å². The maximum Gasteiger partial charge on any atom is 0.0993 e. The Bertz CT molecular complexity index is 899. The monoisotopic (exact) mass is 447 g/mol. The van der Waals surface area contributed by atoms with Crippen LogP contribution in [0, 0.1) is 22.7 Å². The van der Waals surface area contributed by atoms with Crippen molar-refractivity contribution in [2.75, 3.05) is 6.61 Å². The fourth-order valence-electron chi connectivity index (χ4n) is 8.86. The van der Waals surface area contributed by atoms with Gasteiger partial charge in [-0.05, 0) is 81.6 Å². The second-order valence-electron chi connectivity index (χ2n) is 12.4. The average Bonchev–Trinajstić information content (AvgIpc) is 3.26. The maximum absolute atomic E-state index is 12.3. The minimum atomic E-state index is -1.11. The van der Waals surface area contributed by atoms with Gasteiger partial charge in [0, 0.05) is 36.3 Å². The predicted octanol–water partition coefficient (Wildman–Crippen LogP) is 2.69. The van der Waals surface area contributed by atoms with Crippen molar-refractivity contribution in [1.29, 1.82) is 0 Å². The van der Waals surface area contributed by atoms with E-state index < -0.39 is 27.8 Å². The van der Waals surface area contributed by atoms with E-state index in [9.17, 15) is 25.5 Å². The van der Waals surface area contributed by atoms with E-state index in [4.69, 9.17) is 0 Å². The van der Waals surface area contributed by atoms with E-state index in [0.717, 1.165) is 24.8 Å². The highest BCUT2D eigenvalue weighted by Gasteiger charge is 2.74. The summed E-state index contributed by atoms with van der Waals surface area (Å²) in [6.07, 6.45) is 9.60. The van der Waals surface area contributed by atoms with E-state index >= 15 is 0 Å². The molecule has 1 aromatic rings. The molecule has 5 N–H and O–H groups in total. The summed E-state index contributed by atoms with van der Waals surface area (Å²) in [6.45, 7) is 6.62. The molecule has 0 amide bonds. The third-order valence-electron chi connectivity index (χ3n) is 11.0. The lowest BCUT2D eigenvalue weighted by atomic mass is 9.41. The normalized spacial score (nSPS) is 52.9. The van der Waals surface area contributed by atoms with E-state index in [0.29, 0.717) is 45.1 Å². The fraction of sp³-hybridized carbons (Fsp3) is 0.846. The van der Waals surface area contributed by atoms with Crippen LogP contribution < -0.4 is 0 Å². The number of rotatable bonds is 3. The molecule has 4 aliphatic rings. The number of aromatic nitrogens is 1. The zero-order valence-corrected chi connectivity index (χ0v) is 19.8. The first-order valence-electron chi connectivity index (χ1n) is 12.5. The third-order valence-corrected chi connectivity index (χ3v) is 11.0. The summed E-state index contributed by atoms with van der Waals surface area (Å²) in [5.41, 5.74) is -4.02. The van der Waals surface area contributed by atoms with E-state index in [2.05, 4.69) is 13.8 Å². The van der Waals surface area contributed by atoms with Gasteiger partial charge in [0.15, 0.2) is 0 Å². The van der Waals surface area contributed by atoms with Gasteiger partial charge in [-0.1, -0.05) is 13.8 Å². The number of hydrogen-bond donors (Lipinski definition) is 5. The molecule has 1 aromatic heterocycles. The molecule has 4 saturated carbocycles. The summed E-state index contributed by atoms with van der Waals surface area (Å²) >= 11 is 0. The van der Waals surface area contributed by atoms with Crippen molar-refractivity contribution < 1.29 is 25.5 Å². The Morgan fingerprint density at radius 1 is 0.906 bits per heavy atom. The van der Waals surface area contributed by atoms with Crippen LogP contribution in [0.3, 0.4) is 0 Å². The maximum atomic E-state index is 12.3. The molecule has 4 fully saturated rings. The number of fused-ring (bicyclic) bond motifs is 5. The van der Waals surface area contributed by atoms with Crippen molar-refractivity contribution in [3.05, 3.63) is 24.0 Å². The number of aliphatic hydroxyl groups excluding tert-OH is 1. The van der Waals surface area contributed by atoms with Gasteiger partial charge in [-0.2, -0.15) is 0 Å². The molecule has 180 valence electrons. The molecule has 0 saturated heterocycles. The van der Waals surface area contributed by atoms with Crippen molar-refractivity contribution in [2.45, 2.75) is 108 Å². The lowest BCUT2D eigenvalue weighted by Crippen LogP contribution is -2.69. The van der Waals surface area contributed by atoms with Crippen LogP contribution in [0.4, 0.5) is 0 Å². The van der Waals surface area contributed by atoms with Gasteiger partial charge in [0.2, 0.25) is 0 Å². The highest BCUT2D eigenvalue weighted by atomic mass is 16.3. The molecule has 5 rings (SSSR count). The molecule has 8 atom stereocenters. The summed E-state index contributed by atoms with van der Waals surface area (Å²) in [4.78, 5) is 0. The summed E-state index contributed by atoms with van der Waals surface area (Å²) in [6, 6.07) is 1.93. The molecule has 0 unspecified atom stereocenters. The molecule has 0 aromatic carbocycles. The largest absolute Gasteiger partial charge is 0.395 e. The molecule has 0 spiro atoms. The molecule has 0 bridgehead atoms. The third kappa shape index (κ3) is 2.70. The Labute approximate surface area is 191 Å². The smallest absolute Gasteiger partial charge is 0.0993 e. The zero-order chi connectivity index (χ0) is 23.2. The van der Waals surface area contributed by atoms with Crippen LogP contribution in [-0.2, 0) is 12.1 Å². The lowest BCUT2D eigenvalue weighted by Gasteiger charge is -2.67. The fourth-order valence-corrected chi connectivity index (χ4v) is 8.86. The Kier molecular flexibility index (Phi) is 4.87. The van der Waals surface area contributed by atoms with Crippen LogP contribution in [0.1, 0.15) is 84.1 Å². The minimum absolute atomic E-state index is 0.0307. The van der Waals surface area contributed by atoms with Crippen LogP contribution >= 0.6 is 0 Å². The standard InChI is InChI=1S/C26H41NO5/c1-21(29)9-10-22(2)19-4-7-23(3)25(31,18-6-13-27(16-18)14-15-28)11-12-26(23,32)20(19)5-8-24(22,30)17-21/h6,13,16,19-20,28-32H,4-5,7-12,14-15,17H2,1-3H3/t19-,20+,21-,22+,23+,24-,25+,26-/m0/s1. The molecular weight excluding hydrogens is 406 g/mol. The zero-order valence-electron chi connectivity index (χ0n) is 19.8. The molecule has 0 radical (unpaired) electrons. The Hall–Kier alpha value is -0.920. The van der Waals surface area contributed by atoms with E-state index in [1.165, 1.54) is 0 Å². The highest BCUT2D eigenvalue weighted by molar-refractivity contribution is 5.32. The lowest BCUT2D eigenvalue weighted by molar-refractivity contribution is -0.276. The van der Waals surface area contributed by atoms with Gasteiger partial charge in [-0.15, -0.1) is 0 Å². The van der Waals surface area contributed by atoms with Crippen molar-refractivity contribution >= 4 is 0 Å². The van der Waals surface area contributed by atoms with Crippen molar-refractivity contribution in [3.8, 4) is 0 Å².